The Bertz CT molecular complexity index is 676. The van der Waals surface area contributed by atoms with E-state index in [1.54, 1.807) is 23.3 Å². The van der Waals surface area contributed by atoms with E-state index in [1.807, 2.05) is 32.0 Å². The minimum absolute atomic E-state index is 0.169. The minimum Gasteiger partial charge on any atom is -0.324 e. The predicted molar refractivity (Wildman–Crippen MR) is 74.3 cm³/mol. The van der Waals surface area contributed by atoms with Crippen LogP contribution >= 0.6 is 0 Å². The van der Waals surface area contributed by atoms with Gasteiger partial charge in [0.15, 0.2) is 0 Å². The van der Waals surface area contributed by atoms with Gasteiger partial charge in [-0.15, -0.1) is 0 Å². The molecule has 0 radical (unpaired) electrons. The molecule has 1 fully saturated rings. The van der Waals surface area contributed by atoms with Gasteiger partial charge in [-0.25, -0.2) is 9.88 Å². The smallest absolute Gasteiger partial charge is 0.257 e. The van der Waals surface area contributed by atoms with Crippen LogP contribution in [0, 0.1) is 13.8 Å². The summed E-state index contributed by atoms with van der Waals surface area (Å²) in [5.41, 5.74) is 2.85. The molecule has 0 unspecified atom stereocenters. The van der Waals surface area contributed by atoms with Crippen molar-refractivity contribution in [3.63, 3.8) is 0 Å². The van der Waals surface area contributed by atoms with Crippen molar-refractivity contribution in [1.82, 2.24) is 9.55 Å². The molecule has 2 aromatic rings. The first-order chi connectivity index (χ1) is 9.58. The van der Waals surface area contributed by atoms with E-state index in [2.05, 4.69) is 4.98 Å². The van der Waals surface area contributed by atoms with E-state index >= 15 is 0 Å². The maximum atomic E-state index is 12.5. The first-order valence-electron chi connectivity index (χ1n) is 6.49. The Morgan fingerprint density at radius 3 is 2.65 bits per heavy atom. The molecule has 2 amide bonds. The minimum atomic E-state index is -0.480. The van der Waals surface area contributed by atoms with Gasteiger partial charge in [0.2, 0.25) is 5.91 Å². The summed E-state index contributed by atoms with van der Waals surface area (Å²) in [6.07, 6.45) is 5.07. The van der Waals surface area contributed by atoms with Crippen molar-refractivity contribution in [2.75, 3.05) is 4.90 Å². The average molecular weight is 269 g/mol. The van der Waals surface area contributed by atoms with Crippen LogP contribution in [0.4, 0.5) is 5.69 Å². The molecule has 0 bridgehead atoms. The van der Waals surface area contributed by atoms with Gasteiger partial charge in [-0.05, 0) is 37.1 Å². The molecule has 1 atom stereocenters. The fourth-order valence-corrected chi connectivity index (χ4v) is 2.44. The van der Waals surface area contributed by atoms with Crippen LogP contribution in [0.25, 0.3) is 0 Å². The third kappa shape index (κ3) is 1.91. The van der Waals surface area contributed by atoms with Gasteiger partial charge in [-0.1, -0.05) is 6.07 Å². The van der Waals surface area contributed by atoms with E-state index in [1.165, 1.54) is 4.90 Å². The number of rotatable bonds is 2. The summed E-state index contributed by atoms with van der Waals surface area (Å²) in [5, 5.41) is 0. The lowest BCUT2D eigenvalue weighted by molar-refractivity contribution is -0.122. The quantitative estimate of drug-likeness (QED) is 0.784. The van der Waals surface area contributed by atoms with Crippen molar-refractivity contribution >= 4 is 17.5 Å². The highest BCUT2D eigenvalue weighted by atomic mass is 16.2. The summed E-state index contributed by atoms with van der Waals surface area (Å²) in [7, 11) is 0. The van der Waals surface area contributed by atoms with Crippen LogP contribution in [0.15, 0.2) is 36.9 Å². The predicted octanol–water partition coefficient (Wildman–Crippen LogP) is 2.00. The number of anilines is 1. The Balaban J connectivity index is 1.96. The highest BCUT2D eigenvalue weighted by Crippen LogP contribution is 2.30. The molecule has 0 spiro atoms. The number of aromatic nitrogens is 2. The van der Waals surface area contributed by atoms with E-state index < -0.39 is 6.04 Å². The second kappa shape index (κ2) is 4.59. The third-order valence-electron chi connectivity index (χ3n) is 3.76. The van der Waals surface area contributed by atoms with E-state index in [-0.39, 0.29) is 18.2 Å². The SMILES string of the molecule is Cc1ccc(N2C(=O)C[C@@H](n3ccnc3)C2=O)cc1C. The van der Waals surface area contributed by atoms with Gasteiger partial charge in [0.05, 0.1) is 18.4 Å². The van der Waals surface area contributed by atoms with Crippen LogP contribution in [-0.2, 0) is 9.59 Å². The number of carbonyl (C=O) groups excluding carboxylic acids is 2. The Morgan fingerprint density at radius 2 is 2.00 bits per heavy atom. The summed E-state index contributed by atoms with van der Waals surface area (Å²) in [4.78, 5) is 29.8. The Kier molecular flexibility index (Phi) is 2.89. The summed E-state index contributed by atoms with van der Waals surface area (Å²) in [5.74, 6) is -0.367. The number of nitrogens with zero attached hydrogens (tertiary/aromatic N) is 3. The molecule has 1 aliphatic rings. The molecule has 3 rings (SSSR count). The third-order valence-corrected chi connectivity index (χ3v) is 3.76. The lowest BCUT2D eigenvalue weighted by atomic mass is 10.1. The van der Waals surface area contributed by atoms with Gasteiger partial charge in [0, 0.05) is 12.4 Å². The number of imide groups is 1. The maximum absolute atomic E-state index is 12.5. The molecule has 1 aliphatic heterocycles. The molecule has 102 valence electrons. The average Bonchev–Trinajstić information content (AvgIpc) is 3.02. The lowest BCUT2D eigenvalue weighted by Crippen LogP contribution is -2.31. The van der Waals surface area contributed by atoms with Crippen molar-refractivity contribution in [1.29, 1.82) is 0 Å². The van der Waals surface area contributed by atoms with Crippen molar-refractivity contribution in [3.05, 3.63) is 48.0 Å². The van der Waals surface area contributed by atoms with Crippen molar-refractivity contribution in [2.24, 2.45) is 0 Å². The number of amides is 2. The first-order valence-corrected chi connectivity index (χ1v) is 6.49. The molecule has 20 heavy (non-hydrogen) atoms. The van der Waals surface area contributed by atoms with Crippen LogP contribution in [0.5, 0.6) is 0 Å². The lowest BCUT2D eigenvalue weighted by Gasteiger charge is -2.16. The molecule has 0 aliphatic carbocycles. The summed E-state index contributed by atoms with van der Waals surface area (Å²) in [6.45, 7) is 3.97. The first kappa shape index (κ1) is 12.6. The van der Waals surface area contributed by atoms with Crippen LogP contribution < -0.4 is 4.90 Å². The molecule has 1 aromatic heterocycles. The number of benzene rings is 1. The zero-order chi connectivity index (χ0) is 14.3. The van der Waals surface area contributed by atoms with Crippen molar-refractivity contribution in [3.8, 4) is 0 Å². The highest BCUT2D eigenvalue weighted by Gasteiger charge is 2.40. The van der Waals surface area contributed by atoms with Gasteiger partial charge in [0.1, 0.15) is 6.04 Å². The van der Waals surface area contributed by atoms with E-state index in [0.717, 1.165) is 11.1 Å². The molecule has 5 nitrogen and oxygen atoms in total. The van der Waals surface area contributed by atoms with E-state index in [9.17, 15) is 9.59 Å². The number of carbonyl (C=O) groups is 2. The van der Waals surface area contributed by atoms with Crippen molar-refractivity contribution in [2.45, 2.75) is 26.3 Å². The summed E-state index contributed by atoms with van der Waals surface area (Å²) < 4.78 is 1.68. The second-order valence-corrected chi connectivity index (χ2v) is 5.07. The van der Waals surface area contributed by atoms with Gasteiger partial charge in [-0.2, -0.15) is 0 Å². The zero-order valence-corrected chi connectivity index (χ0v) is 11.4. The number of imidazole rings is 1. The van der Waals surface area contributed by atoms with Crippen LogP contribution in [0.1, 0.15) is 23.6 Å². The topological polar surface area (TPSA) is 55.2 Å². The summed E-state index contributed by atoms with van der Waals surface area (Å²) >= 11 is 0. The Hall–Kier alpha value is -2.43. The fourth-order valence-electron chi connectivity index (χ4n) is 2.44. The molecule has 5 heteroatoms. The molecule has 2 heterocycles. The van der Waals surface area contributed by atoms with Gasteiger partial charge in [-0.3, -0.25) is 9.59 Å². The normalized spacial score (nSPS) is 18.9. The molecular formula is C15H15N3O2. The number of aryl methyl sites for hydroxylation is 2. The fraction of sp³-hybridized carbons (Fsp3) is 0.267. The molecular weight excluding hydrogens is 254 g/mol. The van der Waals surface area contributed by atoms with Crippen LogP contribution in [-0.4, -0.2) is 21.4 Å². The van der Waals surface area contributed by atoms with E-state index in [0.29, 0.717) is 5.69 Å². The monoisotopic (exact) mass is 269 g/mol. The zero-order valence-electron chi connectivity index (χ0n) is 11.4. The Morgan fingerprint density at radius 1 is 1.20 bits per heavy atom. The van der Waals surface area contributed by atoms with E-state index in [4.69, 9.17) is 0 Å². The molecule has 1 aromatic carbocycles. The van der Waals surface area contributed by atoms with Crippen molar-refractivity contribution < 1.29 is 9.59 Å². The summed E-state index contributed by atoms with van der Waals surface area (Å²) in [6, 6.07) is 5.14. The van der Waals surface area contributed by atoms with Gasteiger partial charge >= 0.3 is 0 Å². The molecule has 0 N–H and O–H groups in total. The Labute approximate surface area is 116 Å². The van der Waals surface area contributed by atoms with Crippen LogP contribution in [0.2, 0.25) is 0 Å². The standard InChI is InChI=1S/C15H15N3O2/c1-10-3-4-12(7-11(10)2)18-14(19)8-13(15(18)20)17-6-5-16-9-17/h3-7,9,13H,8H2,1-2H3/t13-/m1/s1. The van der Waals surface area contributed by atoms with Gasteiger partial charge < -0.3 is 4.57 Å². The number of hydrogen-bond acceptors (Lipinski definition) is 3. The maximum Gasteiger partial charge on any atom is 0.257 e. The molecule has 0 saturated carbocycles. The van der Waals surface area contributed by atoms with Gasteiger partial charge in [0.25, 0.3) is 5.91 Å². The number of hydrogen-bond donors (Lipinski definition) is 0. The van der Waals surface area contributed by atoms with Crippen LogP contribution in [0.3, 0.4) is 0 Å². The highest BCUT2D eigenvalue weighted by molar-refractivity contribution is 6.21. The largest absolute Gasteiger partial charge is 0.324 e. The second-order valence-electron chi connectivity index (χ2n) is 5.07. The molecule has 1 saturated heterocycles.